The first kappa shape index (κ1) is 18.6. The first-order chi connectivity index (χ1) is 14.1. The molecule has 5 nitrogen and oxygen atoms in total. The molecule has 1 atom stereocenters. The van der Waals surface area contributed by atoms with Crippen molar-refractivity contribution in [3.8, 4) is 0 Å². The van der Waals surface area contributed by atoms with Gasteiger partial charge in [0.15, 0.2) is 0 Å². The van der Waals surface area contributed by atoms with E-state index in [9.17, 15) is 14.7 Å². The number of aryl methyl sites for hydroxylation is 1. The third kappa shape index (κ3) is 3.55. The molecular formula is C24H20N2O3. The van der Waals surface area contributed by atoms with Crippen LogP contribution in [0.5, 0.6) is 0 Å². The minimum atomic E-state index is -0.675. The molecule has 1 N–H and O–H groups in total. The number of nitrogens with zero attached hydrogens (tertiary/aromatic N) is 2. The molecule has 2 aromatic carbocycles. The summed E-state index contributed by atoms with van der Waals surface area (Å²) < 4.78 is 0. The number of pyridine rings is 1. The van der Waals surface area contributed by atoms with Crippen LogP contribution in [0.15, 0.2) is 84.7 Å². The molecule has 0 aliphatic carbocycles. The zero-order valence-corrected chi connectivity index (χ0v) is 15.9. The number of aliphatic hydroxyl groups is 1. The van der Waals surface area contributed by atoms with Gasteiger partial charge in [0, 0.05) is 24.5 Å². The molecule has 5 heteroatoms. The topological polar surface area (TPSA) is 70.5 Å². The van der Waals surface area contributed by atoms with E-state index in [4.69, 9.17) is 0 Å². The van der Waals surface area contributed by atoms with E-state index in [-0.39, 0.29) is 17.9 Å². The Morgan fingerprint density at radius 2 is 1.62 bits per heavy atom. The SMILES string of the molecule is Cc1ccc(/C(O)=C2\C(=O)C(=O)N(Cc3ccncc3)[C@@H]2c2ccccc2)cc1. The molecule has 0 unspecified atom stereocenters. The summed E-state index contributed by atoms with van der Waals surface area (Å²) in [4.78, 5) is 31.4. The van der Waals surface area contributed by atoms with Gasteiger partial charge in [0.25, 0.3) is 11.7 Å². The normalized spacial score (nSPS) is 18.2. The standard InChI is InChI=1S/C24H20N2O3/c1-16-7-9-19(10-8-16)22(27)20-21(18-5-3-2-4-6-18)26(24(29)23(20)28)15-17-11-13-25-14-12-17/h2-14,21,27H,15H2,1H3/b22-20+/t21-/m1/s1. The summed E-state index contributed by atoms with van der Waals surface area (Å²) in [5, 5.41) is 11.0. The number of rotatable bonds is 4. The number of hydrogen-bond acceptors (Lipinski definition) is 4. The smallest absolute Gasteiger partial charge is 0.295 e. The number of Topliss-reactive ketones (excluding diaryl/α,β-unsaturated/α-hetero) is 1. The lowest BCUT2D eigenvalue weighted by atomic mass is 9.95. The fraction of sp³-hybridized carbons (Fsp3) is 0.125. The Kier molecular flexibility index (Phi) is 4.96. The molecule has 144 valence electrons. The van der Waals surface area contributed by atoms with E-state index in [2.05, 4.69) is 4.98 Å². The van der Waals surface area contributed by atoms with Crippen molar-refractivity contribution < 1.29 is 14.7 Å². The number of amides is 1. The fourth-order valence-corrected chi connectivity index (χ4v) is 3.58. The number of likely N-dealkylation sites (tertiary alicyclic amines) is 1. The average Bonchev–Trinajstić information content (AvgIpc) is 3.00. The van der Waals surface area contributed by atoms with E-state index in [0.717, 1.165) is 16.7 Å². The minimum absolute atomic E-state index is 0.110. The summed E-state index contributed by atoms with van der Waals surface area (Å²) >= 11 is 0. The van der Waals surface area contributed by atoms with Crippen molar-refractivity contribution in [2.45, 2.75) is 19.5 Å². The Morgan fingerprint density at radius 1 is 0.966 bits per heavy atom. The van der Waals surface area contributed by atoms with Crippen LogP contribution in [-0.4, -0.2) is 26.7 Å². The Balaban J connectivity index is 1.85. The van der Waals surface area contributed by atoms with Gasteiger partial charge in [0.05, 0.1) is 11.6 Å². The molecule has 0 radical (unpaired) electrons. The van der Waals surface area contributed by atoms with Gasteiger partial charge >= 0.3 is 0 Å². The van der Waals surface area contributed by atoms with Gasteiger partial charge in [-0.15, -0.1) is 0 Å². The Bertz CT molecular complexity index is 1070. The van der Waals surface area contributed by atoms with Crippen molar-refractivity contribution in [2.75, 3.05) is 0 Å². The molecule has 2 heterocycles. The molecular weight excluding hydrogens is 364 g/mol. The van der Waals surface area contributed by atoms with Crippen molar-refractivity contribution in [3.63, 3.8) is 0 Å². The van der Waals surface area contributed by atoms with Gasteiger partial charge in [-0.1, -0.05) is 60.2 Å². The molecule has 1 aliphatic heterocycles. The van der Waals surface area contributed by atoms with E-state index in [1.807, 2.05) is 49.4 Å². The predicted octanol–water partition coefficient (Wildman–Crippen LogP) is 4.01. The number of aromatic nitrogens is 1. The first-order valence-electron chi connectivity index (χ1n) is 9.35. The van der Waals surface area contributed by atoms with E-state index in [1.165, 1.54) is 4.90 Å². The summed E-state index contributed by atoms with van der Waals surface area (Å²) in [5.41, 5.74) is 3.30. The number of ketones is 1. The van der Waals surface area contributed by atoms with Gasteiger partial charge in [-0.25, -0.2) is 0 Å². The largest absolute Gasteiger partial charge is 0.507 e. The number of aliphatic hydroxyl groups excluding tert-OH is 1. The van der Waals surface area contributed by atoms with Crippen molar-refractivity contribution in [3.05, 3.63) is 107 Å². The van der Waals surface area contributed by atoms with Crippen LogP contribution in [-0.2, 0) is 16.1 Å². The molecule has 4 rings (SSSR count). The van der Waals surface area contributed by atoms with E-state index >= 15 is 0 Å². The maximum atomic E-state index is 12.9. The molecule has 3 aromatic rings. The predicted molar refractivity (Wildman–Crippen MR) is 110 cm³/mol. The zero-order valence-electron chi connectivity index (χ0n) is 15.9. The first-order valence-corrected chi connectivity index (χ1v) is 9.35. The number of benzene rings is 2. The Morgan fingerprint density at radius 3 is 2.28 bits per heavy atom. The van der Waals surface area contributed by atoms with Gasteiger partial charge in [-0.3, -0.25) is 14.6 Å². The highest BCUT2D eigenvalue weighted by Crippen LogP contribution is 2.40. The third-order valence-corrected chi connectivity index (χ3v) is 5.08. The maximum absolute atomic E-state index is 12.9. The van der Waals surface area contributed by atoms with Crippen LogP contribution in [0.4, 0.5) is 0 Å². The number of carbonyl (C=O) groups is 2. The van der Waals surface area contributed by atoms with Gasteiger partial charge in [-0.2, -0.15) is 0 Å². The average molecular weight is 384 g/mol. The zero-order chi connectivity index (χ0) is 20.4. The van der Waals surface area contributed by atoms with Crippen molar-refractivity contribution in [1.29, 1.82) is 0 Å². The van der Waals surface area contributed by atoms with Crippen LogP contribution in [0, 0.1) is 6.92 Å². The molecule has 29 heavy (non-hydrogen) atoms. The second kappa shape index (κ2) is 7.72. The second-order valence-electron chi connectivity index (χ2n) is 7.06. The lowest BCUT2D eigenvalue weighted by molar-refractivity contribution is -0.140. The van der Waals surface area contributed by atoms with Crippen LogP contribution < -0.4 is 0 Å². The van der Waals surface area contributed by atoms with Gasteiger partial charge in [0.2, 0.25) is 0 Å². The lowest BCUT2D eigenvalue weighted by Crippen LogP contribution is -2.29. The Labute approximate surface area is 169 Å². The molecule has 1 fully saturated rings. The minimum Gasteiger partial charge on any atom is -0.507 e. The molecule has 1 aromatic heterocycles. The van der Waals surface area contributed by atoms with Crippen LogP contribution in [0.1, 0.15) is 28.3 Å². The highest BCUT2D eigenvalue weighted by molar-refractivity contribution is 6.46. The summed E-state index contributed by atoms with van der Waals surface area (Å²) in [5.74, 6) is -1.45. The Hall–Kier alpha value is -3.73. The summed E-state index contributed by atoms with van der Waals surface area (Å²) in [7, 11) is 0. The number of carbonyl (C=O) groups excluding carboxylic acids is 2. The van der Waals surface area contributed by atoms with Crippen molar-refractivity contribution in [2.24, 2.45) is 0 Å². The van der Waals surface area contributed by atoms with Crippen LogP contribution in [0.3, 0.4) is 0 Å². The molecule has 0 spiro atoms. The number of hydrogen-bond donors (Lipinski definition) is 1. The van der Waals surface area contributed by atoms with Crippen LogP contribution >= 0.6 is 0 Å². The molecule has 1 saturated heterocycles. The fourth-order valence-electron chi connectivity index (χ4n) is 3.58. The second-order valence-corrected chi connectivity index (χ2v) is 7.06. The highest BCUT2D eigenvalue weighted by atomic mass is 16.3. The third-order valence-electron chi connectivity index (χ3n) is 5.08. The molecule has 1 amide bonds. The molecule has 0 bridgehead atoms. The molecule has 1 aliphatic rings. The summed E-state index contributed by atoms with van der Waals surface area (Å²) in [6.45, 7) is 2.19. The summed E-state index contributed by atoms with van der Waals surface area (Å²) in [6, 6.07) is 19.5. The molecule has 0 saturated carbocycles. The van der Waals surface area contributed by atoms with E-state index in [1.54, 1.807) is 36.7 Å². The van der Waals surface area contributed by atoms with E-state index in [0.29, 0.717) is 5.56 Å². The van der Waals surface area contributed by atoms with Crippen LogP contribution in [0.25, 0.3) is 5.76 Å². The van der Waals surface area contributed by atoms with Gasteiger partial charge < -0.3 is 10.0 Å². The quantitative estimate of drug-likeness (QED) is 0.419. The maximum Gasteiger partial charge on any atom is 0.295 e. The van der Waals surface area contributed by atoms with Crippen molar-refractivity contribution in [1.82, 2.24) is 9.88 Å². The lowest BCUT2D eigenvalue weighted by Gasteiger charge is -2.25. The summed E-state index contributed by atoms with van der Waals surface area (Å²) in [6.07, 6.45) is 3.30. The van der Waals surface area contributed by atoms with Gasteiger partial charge in [0.1, 0.15) is 5.76 Å². The van der Waals surface area contributed by atoms with E-state index < -0.39 is 17.7 Å². The van der Waals surface area contributed by atoms with Crippen molar-refractivity contribution >= 4 is 17.4 Å². The van der Waals surface area contributed by atoms with Gasteiger partial charge in [-0.05, 0) is 30.2 Å². The monoisotopic (exact) mass is 384 g/mol. The highest BCUT2D eigenvalue weighted by Gasteiger charge is 2.45. The van der Waals surface area contributed by atoms with Crippen LogP contribution in [0.2, 0.25) is 0 Å².